The molecule has 1 atom stereocenters. The van der Waals surface area contributed by atoms with Gasteiger partial charge in [0, 0.05) is 17.8 Å². The molecule has 1 aliphatic carbocycles. The van der Waals surface area contributed by atoms with Crippen LogP contribution in [0.4, 0.5) is 0 Å². The lowest BCUT2D eigenvalue weighted by Crippen LogP contribution is -2.39. The van der Waals surface area contributed by atoms with Gasteiger partial charge in [0.05, 0.1) is 12.0 Å². The van der Waals surface area contributed by atoms with Gasteiger partial charge in [0.25, 0.3) is 0 Å². The van der Waals surface area contributed by atoms with Crippen molar-refractivity contribution in [3.8, 4) is 0 Å². The lowest BCUT2D eigenvalue weighted by Gasteiger charge is -2.41. The second-order valence-corrected chi connectivity index (χ2v) is 5.31. The van der Waals surface area contributed by atoms with E-state index >= 15 is 0 Å². The number of hydrogen-bond acceptors (Lipinski definition) is 2. The second-order valence-electron chi connectivity index (χ2n) is 5.31. The fourth-order valence-electron chi connectivity index (χ4n) is 2.27. The first-order valence-electron chi connectivity index (χ1n) is 5.83. The summed E-state index contributed by atoms with van der Waals surface area (Å²) in [5, 5.41) is 0. The Hall–Kier alpha value is -0.830. The first kappa shape index (κ1) is 10.7. The van der Waals surface area contributed by atoms with Gasteiger partial charge < -0.3 is 10.3 Å². The molecule has 0 bridgehead atoms. The molecule has 0 saturated heterocycles. The number of nitrogens with two attached hydrogens (primary N) is 1. The van der Waals surface area contributed by atoms with E-state index in [9.17, 15) is 0 Å². The van der Waals surface area contributed by atoms with Gasteiger partial charge >= 0.3 is 0 Å². The summed E-state index contributed by atoms with van der Waals surface area (Å²) in [5.41, 5.74) is 7.66. The Morgan fingerprint density at radius 3 is 2.60 bits per heavy atom. The first-order valence-corrected chi connectivity index (χ1v) is 5.83. The minimum atomic E-state index is 0.102. The first-order chi connectivity index (χ1) is 7.04. The van der Waals surface area contributed by atoms with Crippen LogP contribution in [-0.2, 0) is 5.54 Å². The van der Waals surface area contributed by atoms with Crippen molar-refractivity contribution in [1.29, 1.82) is 0 Å². The third-order valence-electron chi connectivity index (χ3n) is 3.74. The zero-order valence-electron chi connectivity index (χ0n) is 9.90. The summed E-state index contributed by atoms with van der Waals surface area (Å²) < 4.78 is 2.29. The highest BCUT2D eigenvalue weighted by Crippen LogP contribution is 2.40. The minimum absolute atomic E-state index is 0.102. The molecule has 1 fully saturated rings. The summed E-state index contributed by atoms with van der Waals surface area (Å²) in [6.07, 6.45) is 7.69. The van der Waals surface area contributed by atoms with Crippen LogP contribution in [0.25, 0.3) is 0 Å². The number of aromatic nitrogens is 2. The van der Waals surface area contributed by atoms with Crippen molar-refractivity contribution in [2.45, 2.75) is 51.6 Å². The summed E-state index contributed by atoms with van der Waals surface area (Å²) in [6, 6.07) is 0.102. The average molecular weight is 207 g/mol. The molecule has 0 radical (unpaired) electrons. The van der Waals surface area contributed by atoms with Crippen LogP contribution < -0.4 is 5.73 Å². The smallest absolute Gasteiger partial charge is 0.0953 e. The molecule has 1 heterocycles. The van der Waals surface area contributed by atoms with Gasteiger partial charge in [-0.1, -0.05) is 13.8 Å². The monoisotopic (exact) mass is 207 g/mol. The van der Waals surface area contributed by atoms with Crippen LogP contribution >= 0.6 is 0 Å². The number of hydrogen-bond donors (Lipinski definition) is 1. The van der Waals surface area contributed by atoms with E-state index in [1.54, 1.807) is 0 Å². The molecular formula is C12H21N3. The Bertz CT molecular complexity index is 336. The van der Waals surface area contributed by atoms with Crippen LogP contribution in [-0.4, -0.2) is 9.55 Å². The Balaban J connectivity index is 2.29. The van der Waals surface area contributed by atoms with Crippen LogP contribution in [0, 0.1) is 5.92 Å². The molecule has 1 aromatic heterocycles. The molecule has 0 amide bonds. The number of imidazole rings is 1. The largest absolute Gasteiger partial charge is 0.327 e. The normalized spacial score (nSPS) is 21.4. The van der Waals surface area contributed by atoms with E-state index in [0.29, 0.717) is 5.92 Å². The van der Waals surface area contributed by atoms with E-state index < -0.39 is 0 Å². The Labute approximate surface area is 91.7 Å². The Morgan fingerprint density at radius 2 is 2.13 bits per heavy atom. The van der Waals surface area contributed by atoms with Gasteiger partial charge in [0.1, 0.15) is 0 Å². The molecule has 2 rings (SSSR count). The molecule has 0 spiro atoms. The summed E-state index contributed by atoms with van der Waals surface area (Å²) in [7, 11) is 0. The molecule has 2 N–H and O–H groups in total. The summed E-state index contributed by atoms with van der Waals surface area (Å²) in [6.45, 7) is 6.62. The molecule has 15 heavy (non-hydrogen) atoms. The summed E-state index contributed by atoms with van der Waals surface area (Å²) in [5.74, 6) is 0.462. The fourth-order valence-corrected chi connectivity index (χ4v) is 2.27. The van der Waals surface area contributed by atoms with Crippen LogP contribution in [0.15, 0.2) is 12.5 Å². The van der Waals surface area contributed by atoms with Gasteiger partial charge in [-0.05, 0) is 32.1 Å². The van der Waals surface area contributed by atoms with E-state index in [4.69, 9.17) is 5.73 Å². The summed E-state index contributed by atoms with van der Waals surface area (Å²) >= 11 is 0. The van der Waals surface area contributed by atoms with E-state index in [1.165, 1.54) is 25.0 Å². The second kappa shape index (κ2) is 3.63. The van der Waals surface area contributed by atoms with Gasteiger partial charge in [-0.25, -0.2) is 4.98 Å². The quantitative estimate of drug-likeness (QED) is 0.827. The maximum atomic E-state index is 6.20. The Kier molecular flexibility index (Phi) is 2.59. The van der Waals surface area contributed by atoms with Crippen molar-refractivity contribution in [2.24, 2.45) is 11.7 Å². The van der Waals surface area contributed by atoms with Crippen molar-refractivity contribution in [3.63, 3.8) is 0 Å². The summed E-state index contributed by atoms with van der Waals surface area (Å²) in [4.78, 5) is 4.26. The highest BCUT2D eigenvalue weighted by atomic mass is 15.1. The number of nitrogens with zero attached hydrogens (tertiary/aromatic N) is 2. The van der Waals surface area contributed by atoms with Crippen molar-refractivity contribution in [3.05, 3.63) is 18.2 Å². The van der Waals surface area contributed by atoms with E-state index in [-0.39, 0.29) is 11.6 Å². The van der Waals surface area contributed by atoms with Gasteiger partial charge in [0.15, 0.2) is 0 Å². The lowest BCUT2D eigenvalue weighted by atomic mass is 9.78. The van der Waals surface area contributed by atoms with Gasteiger partial charge in [0.2, 0.25) is 0 Å². The maximum absolute atomic E-state index is 6.20. The SMILES string of the molecule is CC(C)C(N)c1cncn1C1(C)CCC1. The Morgan fingerprint density at radius 1 is 1.47 bits per heavy atom. The third-order valence-corrected chi connectivity index (χ3v) is 3.74. The molecule has 1 aliphatic rings. The van der Waals surface area contributed by atoms with Crippen molar-refractivity contribution >= 4 is 0 Å². The molecular weight excluding hydrogens is 186 g/mol. The van der Waals surface area contributed by atoms with Crippen molar-refractivity contribution in [2.75, 3.05) is 0 Å². The van der Waals surface area contributed by atoms with E-state index in [1.807, 2.05) is 12.5 Å². The highest BCUT2D eigenvalue weighted by molar-refractivity contribution is 5.11. The molecule has 0 aliphatic heterocycles. The predicted octanol–water partition coefficient (Wildman–Crippen LogP) is 2.44. The minimum Gasteiger partial charge on any atom is -0.327 e. The zero-order valence-corrected chi connectivity index (χ0v) is 9.90. The van der Waals surface area contributed by atoms with Gasteiger partial charge in [-0.2, -0.15) is 0 Å². The lowest BCUT2D eigenvalue weighted by molar-refractivity contribution is 0.160. The molecule has 1 saturated carbocycles. The topological polar surface area (TPSA) is 43.8 Å². The van der Waals surface area contributed by atoms with Crippen molar-refractivity contribution in [1.82, 2.24) is 9.55 Å². The van der Waals surface area contributed by atoms with Gasteiger partial charge in [-0.15, -0.1) is 0 Å². The molecule has 1 aromatic rings. The van der Waals surface area contributed by atoms with E-state index in [0.717, 1.165) is 0 Å². The molecule has 84 valence electrons. The number of rotatable bonds is 3. The molecule has 0 aromatic carbocycles. The fraction of sp³-hybridized carbons (Fsp3) is 0.750. The highest BCUT2D eigenvalue weighted by Gasteiger charge is 2.35. The zero-order chi connectivity index (χ0) is 11.1. The van der Waals surface area contributed by atoms with Crippen LogP contribution in [0.3, 0.4) is 0 Å². The van der Waals surface area contributed by atoms with Crippen LogP contribution in [0.1, 0.15) is 51.8 Å². The molecule has 1 unspecified atom stereocenters. The molecule has 3 heteroatoms. The van der Waals surface area contributed by atoms with Crippen molar-refractivity contribution < 1.29 is 0 Å². The third kappa shape index (κ3) is 1.69. The predicted molar refractivity (Wildman–Crippen MR) is 61.5 cm³/mol. The molecule has 3 nitrogen and oxygen atoms in total. The average Bonchev–Trinajstić information content (AvgIpc) is 2.61. The van der Waals surface area contributed by atoms with Crippen LogP contribution in [0.5, 0.6) is 0 Å². The standard InChI is InChI=1S/C12H21N3/c1-9(2)11(13)10-7-14-8-15(10)12(3)5-4-6-12/h7-9,11H,4-6,13H2,1-3H3. The van der Waals surface area contributed by atoms with Gasteiger partial charge in [-0.3, -0.25) is 0 Å². The maximum Gasteiger partial charge on any atom is 0.0953 e. The van der Waals surface area contributed by atoms with E-state index in [2.05, 4.69) is 30.3 Å². The van der Waals surface area contributed by atoms with Crippen LogP contribution in [0.2, 0.25) is 0 Å².